The van der Waals surface area contributed by atoms with Gasteiger partial charge in [-0.1, -0.05) is 24.3 Å². The number of amides is 1. The van der Waals surface area contributed by atoms with Gasteiger partial charge in [0.2, 0.25) is 5.91 Å². The van der Waals surface area contributed by atoms with Crippen LogP contribution in [0.25, 0.3) is 0 Å². The first-order chi connectivity index (χ1) is 15.2. The Balaban J connectivity index is 1.56. The Hall–Kier alpha value is -2.95. The average molecular weight is 458 g/mol. The van der Waals surface area contributed by atoms with Crippen LogP contribution in [0.5, 0.6) is 0 Å². The molecule has 0 unspecified atom stereocenters. The molecule has 1 fully saturated rings. The lowest BCUT2D eigenvalue weighted by Crippen LogP contribution is -2.55. The number of carbonyl (C=O) groups is 1. The summed E-state index contributed by atoms with van der Waals surface area (Å²) in [6.07, 6.45) is 1.72. The molecule has 1 saturated heterocycles. The first-order valence-corrected chi connectivity index (χ1v) is 11.8. The molecule has 2 N–H and O–H groups in total. The van der Waals surface area contributed by atoms with E-state index in [1.165, 1.54) is 13.3 Å². The molecule has 10 heteroatoms. The van der Waals surface area contributed by atoms with Crippen LogP contribution in [0.3, 0.4) is 0 Å². The summed E-state index contributed by atoms with van der Waals surface area (Å²) in [5.41, 5.74) is 4.38. The minimum Gasteiger partial charge on any atom is -0.468 e. The van der Waals surface area contributed by atoms with E-state index in [9.17, 15) is 13.2 Å². The molecule has 0 bridgehead atoms. The molecule has 1 amide bonds. The van der Waals surface area contributed by atoms with Crippen molar-refractivity contribution in [3.8, 4) is 0 Å². The zero-order valence-electron chi connectivity index (χ0n) is 18.5. The maximum Gasteiger partial charge on any atom is 0.280 e. The van der Waals surface area contributed by atoms with Gasteiger partial charge >= 0.3 is 0 Å². The normalized spacial score (nSPS) is 20.9. The van der Waals surface area contributed by atoms with Gasteiger partial charge in [-0.15, -0.1) is 0 Å². The Bertz CT molecular complexity index is 1230. The summed E-state index contributed by atoms with van der Waals surface area (Å²) in [7, 11) is -2.45. The molecule has 4 rings (SSSR count). The SMILES string of the molecule is Cc1ccccc1Cn1nc(C)c(NC(=O)[C@H]2C[C@@H](c3ccco3)NS(=O)(=O)N2C)c1C. The maximum atomic E-state index is 13.2. The smallest absolute Gasteiger partial charge is 0.280 e. The number of carbonyl (C=O) groups excluding carboxylic acids is 1. The van der Waals surface area contributed by atoms with E-state index in [0.717, 1.165) is 21.1 Å². The molecule has 1 aromatic carbocycles. The number of rotatable bonds is 5. The molecule has 0 aliphatic carbocycles. The van der Waals surface area contributed by atoms with E-state index in [1.54, 1.807) is 12.1 Å². The van der Waals surface area contributed by atoms with Crippen molar-refractivity contribution >= 4 is 21.8 Å². The zero-order chi connectivity index (χ0) is 23.0. The first kappa shape index (κ1) is 22.3. The van der Waals surface area contributed by atoms with Crippen LogP contribution >= 0.6 is 0 Å². The van der Waals surface area contributed by atoms with Crippen LogP contribution in [0.2, 0.25) is 0 Å². The summed E-state index contributed by atoms with van der Waals surface area (Å²) in [5, 5.41) is 7.51. The Labute approximate surface area is 187 Å². The van der Waals surface area contributed by atoms with Crippen LogP contribution in [0.1, 0.15) is 40.7 Å². The van der Waals surface area contributed by atoms with Crippen LogP contribution in [-0.4, -0.2) is 41.5 Å². The minimum atomic E-state index is -3.84. The quantitative estimate of drug-likeness (QED) is 0.612. The summed E-state index contributed by atoms with van der Waals surface area (Å²) in [4.78, 5) is 13.2. The number of hydrogen-bond donors (Lipinski definition) is 2. The molecule has 1 aliphatic heterocycles. The standard InChI is InChI=1S/C22H27N5O4S/c1-14-8-5-6-9-17(14)13-27-16(3)21(15(2)24-27)23-22(28)19-12-18(20-10-7-11-31-20)25-32(29,30)26(19)4/h5-11,18-19,25H,12-13H2,1-4H3,(H,23,28)/t18-,19+/m0/s1. The lowest BCUT2D eigenvalue weighted by Gasteiger charge is -2.35. The third-order valence-electron chi connectivity index (χ3n) is 5.97. The van der Waals surface area contributed by atoms with Crippen molar-refractivity contribution in [2.24, 2.45) is 0 Å². The van der Waals surface area contributed by atoms with Crippen LogP contribution in [0.4, 0.5) is 5.69 Å². The fourth-order valence-electron chi connectivity index (χ4n) is 3.97. The topological polar surface area (TPSA) is 109 Å². The predicted molar refractivity (Wildman–Crippen MR) is 120 cm³/mol. The number of nitrogens with one attached hydrogen (secondary N) is 2. The van der Waals surface area contributed by atoms with Gasteiger partial charge in [0.25, 0.3) is 10.2 Å². The van der Waals surface area contributed by atoms with Crippen LogP contribution in [-0.2, 0) is 21.5 Å². The third-order valence-corrected chi connectivity index (χ3v) is 7.56. The van der Waals surface area contributed by atoms with Crippen molar-refractivity contribution in [1.82, 2.24) is 18.8 Å². The van der Waals surface area contributed by atoms with Crippen molar-refractivity contribution < 1.29 is 17.6 Å². The van der Waals surface area contributed by atoms with Gasteiger partial charge in [-0.2, -0.15) is 22.5 Å². The van der Waals surface area contributed by atoms with Gasteiger partial charge in [-0.3, -0.25) is 9.48 Å². The Morgan fingerprint density at radius 3 is 2.66 bits per heavy atom. The largest absolute Gasteiger partial charge is 0.468 e. The van der Waals surface area contributed by atoms with Gasteiger partial charge in [0, 0.05) is 7.05 Å². The second kappa shape index (κ2) is 8.53. The first-order valence-electron chi connectivity index (χ1n) is 10.4. The van der Waals surface area contributed by atoms with Gasteiger partial charge < -0.3 is 9.73 Å². The van der Waals surface area contributed by atoms with Crippen LogP contribution in [0.15, 0.2) is 47.1 Å². The molecular formula is C22H27N5O4S. The summed E-state index contributed by atoms with van der Waals surface area (Å²) in [5.74, 6) is 0.0636. The third kappa shape index (κ3) is 4.21. The second-order valence-corrected chi connectivity index (χ2v) is 9.84. The molecule has 3 aromatic rings. The van der Waals surface area contributed by atoms with E-state index < -0.39 is 28.2 Å². The van der Waals surface area contributed by atoms with Crippen LogP contribution in [0, 0.1) is 20.8 Å². The minimum absolute atomic E-state index is 0.241. The highest BCUT2D eigenvalue weighted by Crippen LogP contribution is 2.29. The highest BCUT2D eigenvalue weighted by Gasteiger charge is 2.41. The zero-order valence-corrected chi connectivity index (χ0v) is 19.3. The van der Waals surface area contributed by atoms with Gasteiger partial charge in [-0.25, -0.2) is 0 Å². The van der Waals surface area contributed by atoms with E-state index in [-0.39, 0.29) is 6.42 Å². The second-order valence-electron chi connectivity index (χ2n) is 8.08. The van der Waals surface area contributed by atoms with Gasteiger partial charge in [0.05, 0.1) is 35.9 Å². The van der Waals surface area contributed by atoms with Crippen molar-refractivity contribution in [2.45, 2.75) is 45.8 Å². The molecule has 170 valence electrons. The van der Waals surface area contributed by atoms with Crippen LogP contribution < -0.4 is 10.0 Å². The molecule has 9 nitrogen and oxygen atoms in total. The number of likely N-dealkylation sites (N-methyl/N-ethyl adjacent to an activating group) is 1. The number of nitrogens with zero attached hydrogens (tertiary/aromatic N) is 3. The molecule has 1 aliphatic rings. The molecule has 3 heterocycles. The Morgan fingerprint density at radius 1 is 1.22 bits per heavy atom. The molecule has 2 atom stereocenters. The fraction of sp³-hybridized carbons (Fsp3) is 0.364. The summed E-state index contributed by atoms with van der Waals surface area (Å²) >= 11 is 0. The van der Waals surface area contributed by atoms with E-state index in [0.29, 0.717) is 23.7 Å². The average Bonchev–Trinajstić information content (AvgIpc) is 3.36. The Morgan fingerprint density at radius 2 is 1.97 bits per heavy atom. The van der Waals surface area contributed by atoms with Gasteiger partial charge in [0.15, 0.2) is 0 Å². The number of benzene rings is 1. The van der Waals surface area contributed by atoms with E-state index in [1.807, 2.05) is 49.7 Å². The summed E-state index contributed by atoms with van der Waals surface area (Å²) in [6.45, 7) is 6.35. The van der Waals surface area contributed by atoms with Crippen molar-refractivity contribution in [2.75, 3.05) is 12.4 Å². The number of hydrogen-bond acceptors (Lipinski definition) is 5. The lowest BCUT2D eigenvalue weighted by atomic mass is 10.0. The monoisotopic (exact) mass is 457 g/mol. The van der Waals surface area contributed by atoms with Gasteiger partial charge in [0.1, 0.15) is 11.8 Å². The summed E-state index contributed by atoms with van der Waals surface area (Å²) < 4.78 is 36.0. The molecular weight excluding hydrogens is 430 g/mol. The Kier molecular flexibility index (Phi) is 5.93. The number of furan rings is 1. The van der Waals surface area contributed by atoms with Crippen molar-refractivity contribution in [3.05, 3.63) is 70.9 Å². The number of aromatic nitrogens is 2. The molecule has 0 radical (unpaired) electrons. The van der Waals surface area contributed by atoms with Crippen molar-refractivity contribution in [3.63, 3.8) is 0 Å². The maximum absolute atomic E-state index is 13.2. The van der Waals surface area contributed by atoms with E-state index >= 15 is 0 Å². The van der Waals surface area contributed by atoms with Gasteiger partial charge in [-0.05, 0) is 50.5 Å². The fourth-order valence-corrected chi connectivity index (χ4v) is 5.23. The lowest BCUT2D eigenvalue weighted by molar-refractivity contribution is -0.120. The highest BCUT2D eigenvalue weighted by atomic mass is 32.2. The highest BCUT2D eigenvalue weighted by molar-refractivity contribution is 7.87. The molecule has 0 spiro atoms. The molecule has 0 saturated carbocycles. The number of aryl methyl sites for hydroxylation is 2. The molecule has 2 aromatic heterocycles. The van der Waals surface area contributed by atoms with E-state index in [4.69, 9.17) is 4.42 Å². The predicted octanol–water partition coefficient (Wildman–Crippen LogP) is 2.67. The summed E-state index contributed by atoms with van der Waals surface area (Å²) in [6, 6.07) is 9.94. The number of anilines is 1. The van der Waals surface area contributed by atoms with E-state index in [2.05, 4.69) is 15.1 Å². The molecule has 32 heavy (non-hydrogen) atoms. The van der Waals surface area contributed by atoms with Crippen molar-refractivity contribution in [1.29, 1.82) is 0 Å².